The lowest BCUT2D eigenvalue weighted by Gasteiger charge is -2.13. The molecule has 0 aromatic heterocycles. The van der Waals surface area contributed by atoms with Crippen LogP contribution >= 0.6 is 23.2 Å². The van der Waals surface area contributed by atoms with Crippen molar-refractivity contribution in [2.24, 2.45) is 5.10 Å². The summed E-state index contributed by atoms with van der Waals surface area (Å²) in [5, 5.41) is 5.25. The number of rotatable bonds is 7. The van der Waals surface area contributed by atoms with E-state index in [2.05, 4.69) is 10.5 Å². The first-order valence-corrected chi connectivity index (χ1v) is 9.45. The lowest BCUT2D eigenvalue weighted by Crippen LogP contribution is -2.17. The Morgan fingerprint density at radius 2 is 1.66 bits per heavy atom. The van der Waals surface area contributed by atoms with Gasteiger partial charge in [0.05, 0.1) is 13.3 Å². The molecule has 0 unspecified atom stereocenters. The number of hydrogen-bond donors (Lipinski definition) is 1. The van der Waals surface area contributed by atoms with Gasteiger partial charge >= 0.3 is 0 Å². The Balaban J connectivity index is 1.72. The molecule has 0 radical (unpaired) electrons. The number of carbonyl (C=O) groups excluding carboxylic acids is 1. The Kier molecular flexibility index (Phi) is 7.11. The van der Waals surface area contributed by atoms with Crippen LogP contribution in [0, 0.1) is 0 Å². The molecule has 148 valence electrons. The highest BCUT2D eigenvalue weighted by Gasteiger charge is 2.10. The Labute approximate surface area is 178 Å². The summed E-state index contributed by atoms with van der Waals surface area (Å²) < 4.78 is 11.3. The molecule has 7 heteroatoms. The quantitative estimate of drug-likeness (QED) is 0.407. The smallest absolute Gasteiger partial charge is 0.271 e. The molecular weight excluding hydrogens is 411 g/mol. The normalized spacial score (nSPS) is 10.7. The molecule has 3 rings (SSSR count). The van der Waals surface area contributed by atoms with Crippen LogP contribution in [0.5, 0.6) is 11.5 Å². The van der Waals surface area contributed by atoms with Gasteiger partial charge < -0.3 is 9.47 Å². The van der Waals surface area contributed by atoms with Gasteiger partial charge in [-0.25, -0.2) is 5.43 Å². The highest BCUT2D eigenvalue weighted by atomic mass is 35.5. The molecule has 1 N–H and O–H groups in total. The van der Waals surface area contributed by atoms with Crippen molar-refractivity contribution in [3.8, 4) is 11.5 Å². The maximum Gasteiger partial charge on any atom is 0.271 e. The van der Waals surface area contributed by atoms with E-state index in [1.807, 2.05) is 24.3 Å². The Morgan fingerprint density at radius 1 is 1.00 bits per heavy atom. The number of hydrogen-bond acceptors (Lipinski definition) is 4. The van der Waals surface area contributed by atoms with Crippen LogP contribution < -0.4 is 14.9 Å². The van der Waals surface area contributed by atoms with E-state index in [1.165, 1.54) is 6.21 Å². The molecule has 3 aromatic rings. The first-order valence-electron chi connectivity index (χ1n) is 8.70. The molecule has 0 aliphatic carbocycles. The second-order valence-corrected chi connectivity index (χ2v) is 6.87. The van der Waals surface area contributed by atoms with Gasteiger partial charge in [-0.2, -0.15) is 5.10 Å². The summed E-state index contributed by atoms with van der Waals surface area (Å²) in [6.45, 7) is 0.329. The number of amides is 1. The molecule has 1 amide bonds. The third-order valence-corrected chi connectivity index (χ3v) is 4.51. The SMILES string of the molecule is COc1cccc(/C=N/NC(=O)c2ccc(Cl)cc2)c1OCc1ccc(Cl)cc1. The van der Waals surface area contributed by atoms with E-state index in [1.54, 1.807) is 49.6 Å². The van der Waals surface area contributed by atoms with Gasteiger partial charge in [0.15, 0.2) is 11.5 Å². The molecule has 0 bridgehead atoms. The maximum atomic E-state index is 12.2. The number of ether oxygens (including phenoxy) is 2. The molecule has 5 nitrogen and oxygen atoms in total. The summed E-state index contributed by atoms with van der Waals surface area (Å²) in [5.41, 5.74) is 4.56. The second kappa shape index (κ2) is 9.96. The molecule has 0 saturated heterocycles. The molecule has 0 fully saturated rings. The lowest BCUT2D eigenvalue weighted by atomic mass is 10.2. The van der Waals surface area contributed by atoms with Gasteiger partial charge in [0.2, 0.25) is 0 Å². The minimum absolute atomic E-state index is 0.329. The van der Waals surface area contributed by atoms with Crippen molar-refractivity contribution < 1.29 is 14.3 Å². The molecule has 0 aliphatic heterocycles. The molecular formula is C22H18Cl2N2O3. The first kappa shape index (κ1) is 20.7. The lowest BCUT2D eigenvalue weighted by molar-refractivity contribution is 0.0955. The second-order valence-electron chi connectivity index (χ2n) is 6.00. The van der Waals surface area contributed by atoms with Gasteiger partial charge in [-0.05, 0) is 54.1 Å². The van der Waals surface area contributed by atoms with Crippen LogP contribution in [-0.4, -0.2) is 19.2 Å². The number of benzene rings is 3. The van der Waals surface area contributed by atoms with Crippen LogP contribution in [0.2, 0.25) is 10.0 Å². The van der Waals surface area contributed by atoms with Gasteiger partial charge in [-0.3, -0.25) is 4.79 Å². The van der Waals surface area contributed by atoms with Gasteiger partial charge in [0.25, 0.3) is 5.91 Å². The Morgan fingerprint density at radius 3 is 2.31 bits per heavy atom. The summed E-state index contributed by atoms with van der Waals surface area (Å²) in [5.74, 6) is 0.742. The molecule has 0 saturated carbocycles. The summed E-state index contributed by atoms with van der Waals surface area (Å²) in [6, 6.07) is 19.3. The van der Waals surface area contributed by atoms with Crippen molar-refractivity contribution in [2.75, 3.05) is 7.11 Å². The predicted molar refractivity (Wildman–Crippen MR) is 115 cm³/mol. The van der Waals surface area contributed by atoms with E-state index in [0.717, 1.165) is 5.56 Å². The summed E-state index contributed by atoms with van der Waals surface area (Å²) in [4.78, 5) is 12.2. The molecule has 29 heavy (non-hydrogen) atoms. The number of nitrogens with zero attached hydrogens (tertiary/aromatic N) is 1. The summed E-state index contributed by atoms with van der Waals surface area (Å²) in [7, 11) is 1.56. The van der Waals surface area contributed by atoms with Crippen molar-refractivity contribution in [3.63, 3.8) is 0 Å². The van der Waals surface area contributed by atoms with Crippen LogP contribution in [0.3, 0.4) is 0 Å². The first-order chi connectivity index (χ1) is 14.1. The average Bonchev–Trinajstić information content (AvgIpc) is 2.74. The number of carbonyl (C=O) groups is 1. The number of methoxy groups -OCH3 is 1. The highest BCUT2D eigenvalue weighted by Crippen LogP contribution is 2.31. The van der Waals surface area contributed by atoms with E-state index in [9.17, 15) is 4.79 Å². The summed E-state index contributed by atoms with van der Waals surface area (Å²) in [6.07, 6.45) is 1.51. The third kappa shape index (κ3) is 5.73. The number of hydrazone groups is 1. The average molecular weight is 429 g/mol. The zero-order valence-corrected chi connectivity index (χ0v) is 17.1. The van der Waals surface area contributed by atoms with Crippen LogP contribution in [0.4, 0.5) is 0 Å². The van der Waals surface area contributed by atoms with Gasteiger partial charge in [0.1, 0.15) is 6.61 Å². The number of para-hydroxylation sites is 1. The van der Waals surface area contributed by atoms with Crippen molar-refractivity contribution in [1.82, 2.24) is 5.43 Å². The third-order valence-electron chi connectivity index (χ3n) is 4.00. The fourth-order valence-electron chi connectivity index (χ4n) is 2.51. The predicted octanol–water partition coefficient (Wildman–Crippen LogP) is 5.34. The van der Waals surface area contributed by atoms with E-state index < -0.39 is 0 Å². The van der Waals surface area contributed by atoms with Crippen molar-refractivity contribution in [2.45, 2.75) is 6.61 Å². The minimum atomic E-state index is -0.343. The van der Waals surface area contributed by atoms with Gasteiger partial charge in [-0.15, -0.1) is 0 Å². The molecule has 0 spiro atoms. The highest BCUT2D eigenvalue weighted by molar-refractivity contribution is 6.30. The largest absolute Gasteiger partial charge is 0.493 e. The minimum Gasteiger partial charge on any atom is -0.493 e. The maximum absolute atomic E-state index is 12.2. The zero-order chi connectivity index (χ0) is 20.6. The number of halogens is 2. The topological polar surface area (TPSA) is 59.9 Å². The van der Waals surface area contributed by atoms with Gasteiger partial charge in [-0.1, -0.05) is 41.4 Å². The van der Waals surface area contributed by atoms with E-state index in [4.69, 9.17) is 32.7 Å². The van der Waals surface area contributed by atoms with Gasteiger partial charge in [0, 0.05) is 21.2 Å². The zero-order valence-electron chi connectivity index (χ0n) is 15.6. The molecule has 0 atom stereocenters. The van der Waals surface area contributed by atoms with E-state index in [-0.39, 0.29) is 5.91 Å². The fourth-order valence-corrected chi connectivity index (χ4v) is 2.76. The molecule has 0 heterocycles. The standard InChI is InChI=1S/C22H18Cl2N2O3/c1-28-20-4-2-3-17(21(20)29-14-15-5-9-18(23)10-6-15)13-25-26-22(27)16-7-11-19(24)12-8-16/h2-13H,14H2,1H3,(H,26,27)/b25-13+. The van der Waals surface area contributed by atoms with E-state index in [0.29, 0.717) is 39.3 Å². The summed E-state index contributed by atoms with van der Waals surface area (Å²) >= 11 is 11.8. The van der Waals surface area contributed by atoms with Crippen LogP contribution in [0.1, 0.15) is 21.5 Å². The van der Waals surface area contributed by atoms with E-state index >= 15 is 0 Å². The van der Waals surface area contributed by atoms with Crippen molar-refractivity contribution in [3.05, 3.63) is 93.5 Å². The van der Waals surface area contributed by atoms with Crippen LogP contribution in [-0.2, 0) is 6.61 Å². The fraction of sp³-hybridized carbons (Fsp3) is 0.0909. The Bertz CT molecular complexity index is 1000. The Hall–Kier alpha value is -3.02. The molecule has 3 aromatic carbocycles. The van der Waals surface area contributed by atoms with Crippen LogP contribution in [0.15, 0.2) is 71.8 Å². The molecule has 0 aliphatic rings. The monoisotopic (exact) mass is 428 g/mol. The van der Waals surface area contributed by atoms with Crippen molar-refractivity contribution in [1.29, 1.82) is 0 Å². The number of nitrogens with one attached hydrogen (secondary N) is 1. The van der Waals surface area contributed by atoms with Crippen LogP contribution in [0.25, 0.3) is 0 Å². The van der Waals surface area contributed by atoms with Crippen molar-refractivity contribution >= 4 is 35.3 Å².